The Kier molecular flexibility index (Phi) is 6.59. The zero-order valence-electron chi connectivity index (χ0n) is 15.0. The van der Waals surface area contributed by atoms with Crippen molar-refractivity contribution in [1.29, 1.82) is 0 Å². The van der Waals surface area contributed by atoms with Crippen LogP contribution in [0.3, 0.4) is 0 Å². The summed E-state index contributed by atoms with van der Waals surface area (Å²) in [5.74, 6) is 3.34. The van der Waals surface area contributed by atoms with Crippen LogP contribution in [0.4, 0.5) is 0 Å². The highest BCUT2D eigenvalue weighted by Crippen LogP contribution is 2.32. The van der Waals surface area contributed by atoms with Crippen molar-refractivity contribution < 1.29 is 14.2 Å². The van der Waals surface area contributed by atoms with Gasteiger partial charge >= 0.3 is 0 Å². The highest BCUT2D eigenvalue weighted by atomic mass is 16.7. The molecule has 0 atom stereocenters. The summed E-state index contributed by atoms with van der Waals surface area (Å²) in [5, 5.41) is 6.62. The number of para-hydroxylation sites is 1. The van der Waals surface area contributed by atoms with E-state index in [-0.39, 0.29) is 0 Å². The molecule has 2 aromatic carbocycles. The van der Waals surface area contributed by atoms with E-state index in [2.05, 4.69) is 21.7 Å². The van der Waals surface area contributed by atoms with E-state index in [1.165, 1.54) is 5.56 Å². The van der Waals surface area contributed by atoms with Gasteiger partial charge in [0.1, 0.15) is 5.75 Å². The summed E-state index contributed by atoms with van der Waals surface area (Å²) in [5.41, 5.74) is 1.20. The van der Waals surface area contributed by atoms with Crippen molar-refractivity contribution in [3.63, 3.8) is 0 Å². The van der Waals surface area contributed by atoms with E-state index in [0.717, 1.165) is 49.1 Å². The van der Waals surface area contributed by atoms with Crippen molar-refractivity contribution in [2.24, 2.45) is 4.99 Å². The Morgan fingerprint density at radius 1 is 1.04 bits per heavy atom. The van der Waals surface area contributed by atoms with E-state index >= 15 is 0 Å². The van der Waals surface area contributed by atoms with Crippen molar-refractivity contribution >= 4 is 5.96 Å². The van der Waals surface area contributed by atoms with Gasteiger partial charge in [-0.05, 0) is 42.7 Å². The Labute approximate surface area is 154 Å². The molecule has 6 nitrogen and oxygen atoms in total. The molecule has 1 aliphatic rings. The van der Waals surface area contributed by atoms with E-state index in [1.54, 1.807) is 7.05 Å². The highest BCUT2D eigenvalue weighted by Gasteiger charge is 2.12. The van der Waals surface area contributed by atoms with Gasteiger partial charge in [0.15, 0.2) is 17.5 Å². The number of guanidine groups is 1. The molecule has 0 aliphatic carbocycles. The van der Waals surface area contributed by atoms with E-state index in [0.29, 0.717) is 13.4 Å². The quantitative estimate of drug-likeness (QED) is 0.433. The molecule has 6 heteroatoms. The van der Waals surface area contributed by atoms with Gasteiger partial charge < -0.3 is 24.8 Å². The second-order valence-electron chi connectivity index (χ2n) is 5.88. The summed E-state index contributed by atoms with van der Waals surface area (Å²) in [6, 6.07) is 15.9. The predicted molar refractivity (Wildman–Crippen MR) is 102 cm³/mol. The number of fused-ring (bicyclic) bond motifs is 1. The summed E-state index contributed by atoms with van der Waals surface area (Å²) < 4.78 is 16.4. The molecule has 0 fully saturated rings. The van der Waals surface area contributed by atoms with E-state index in [1.807, 2.05) is 42.5 Å². The van der Waals surface area contributed by atoms with Crippen LogP contribution < -0.4 is 24.8 Å². The summed E-state index contributed by atoms with van der Waals surface area (Å²) in [4.78, 5) is 4.24. The first kappa shape index (κ1) is 17.9. The first-order chi connectivity index (χ1) is 12.8. The number of nitrogens with zero attached hydrogens (tertiary/aromatic N) is 1. The molecule has 0 saturated heterocycles. The fourth-order valence-electron chi connectivity index (χ4n) is 2.63. The lowest BCUT2D eigenvalue weighted by Gasteiger charge is -2.12. The number of benzene rings is 2. The first-order valence-corrected chi connectivity index (χ1v) is 8.86. The van der Waals surface area contributed by atoms with Gasteiger partial charge in [0.2, 0.25) is 6.79 Å². The van der Waals surface area contributed by atoms with Crippen LogP contribution in [0.2, 0.25) is 0 Å². The maximum absolute atomic E-state index is 5.67. The van der Waals surface area contributed by atoms with Gasteiger partial charge in [0.25, 0.3) is 0 Å². The average molecular weight is 355 g/mol. The van der Waals surface area contributed by atoms with Crippen molar-refractivity contribution in [3.05, 3.63) is 54.1 Å². The van der Waals surface area contributed by atoms with E-state index < -0.39 is 0 Å². The molecule has 2 aromatic rings. The third-order valence-electron chi connectivity index (χ3n) is 3.99. The Bertz CT molecular complexity index is 719. The van der Waals surface area contributed by atoms with Gasteiger partial charge in [-0.25, -0.2) is 0 Å². The predicted octanol–water partition coefficient (Wildman–Crippen LogP) is 2.59. The summed E-state index contributed by atoms with van der Waals surface area (Å²) in [6.07, 6.45) is 1.78. The maximum Gasteiger partial charge on any atom is 0.231 e. The summed E-state index contributed by atoms with van der Waals surface area (Å²) in [7, 11) is 1.77. The Balaban J connectivity index is 1.31. The molecule has 138 valence electrons. The van der Waals surface area contributed by atoms with Gasteiger partial charge in [0, 0.05) is 20.1 Å². The van der Waals surface area contributed by atoms with E-state index in [4.69, 9.17) is 14.2 Å². The highest BCUT2D eigenvalue weighted by molar-refractivity contribution is 5.79. The number of hydrogen-bond donors (Lipinski definition) is 2. The van der Waals surface area contributed by atoms with Gasteiger partial charge in [-0.15, -0.1) is 0 Å². The summed E-state index contributed by atoms with van der Waals surface area (Å²) in [6.45, 7) is 2.57. The SMILES string of the molecule is CN=C(NCCCOc1ccccc1)NCCc1ccc2c(c1)OCO2. The molecule has 0 aromatic heterocycles. The second-order valence-corrected chi connectivity index (χ2v) is 5.88. The largest absolute Gasteiger partial charge is 0.494 e. The third-order valence-corrected chi connectivity index (χ3v) is 3.99. The van der Waals surface area contributed by atoms with Crippen molar-refractivity contribution in [2.75, 3.05) is 33.5 Å². The molecule has 1 aliphatic heterocycles. The number of hydrogen-bond acceptors (Lipinski definition) is 4. The maximum atomic E-state index is 5.67. The molecule has 0 amide bonds. The molecule has 0 unspecified atom stereocenters. The van der Waals surface area contributed by atoms with Crippen LogP contribution in [-0.2, 0) is 6.42 Å². The number of aliphatic imine (C=N–C) groups is 1. The average Bonchev–Trinajstić information content (AvgIpc) is 3.15. The molecular formula is C20H25N3O3. The van der Waals surface area contributed by atoms with Gasteiger partial charge in [-0.3, -0.25) is 4.99 Å². The molecule has 1 heterocycles. The van der Waals surface area contributed by atoms with Crippen molar-refractivity contribution in [2.45, 2.75) is 12.8 Å². The lowest BCUT2D eigenvalue weighted by molar-refractivity contribution is 0.174. The first-order valence-electron chi connectivity index (χ1n) is 8.86. The van der Waals surface area contributed by atoms with Crippen LogP contribution >= 0.6 is 0 Å². The molecule has 0 spiro atoms. The van der Waals surface area contributed by atoms with Crippen LogP contribution in [-0.4, -0.2) is 39.5 Å². The smallest absolute Gasteiger partial charge is 0.231 e. The Morgan fingerprint density at radius 3 is 2.69 bits per heavy atom. The lowest BCUT2D eigenvalue weighted by Crippen LogP contribution is -2.39. The monoisotopic (exact) mass is 355 g/mol. The van der Waals surface area contributed by atoms with Crippen molar-refractivity contribution in [3.8, 4) is 17.2 Å². The zero-order chi connectivity index (χ0) is 18.0. The second kappa shape index (κ2) is 9.56. The molecule has 0 saturated carbocycles. The van der Waals surface area contributed by atoms with Gasteiger partial charge in [-0.2, -0.15) is 0 Å². The topological polar surface area (TPSA) is 64.1 Å². The van der Waals surface area contributed by atoms with Crippen LogP contribution in [0.15, 0.2) is 53.5 Å². The van der Waals surface area contributed by atoms with Crippen LogP contribution in [0.1, 0.15) is 12.0 Å². The molecule has 0 radical (unpaired) electrons. The van der Waals surface area contributed by atoms with E-state index in [9.17, 15) is 0 Å². The fourth-order valence-corrected chi connectivity index (χ4v) is 2.63. The number of ether oxygens (including phenoxy) is 3. The van der Waals surface area contributed by atoms with Crippen LogP contribution in [0, 0.1) is 0 Å². The molecule has 0 bridgehead atoms. The third kappa shape index (κ3) is 5.31. The van der Waals surface area contributed by atoms with Crippen LogP contribution in [0.5, 0.6) is 17.2 Å². The minimum atomic E-state index is 0.307. The minimum Gasteiger partial charge on any atom is -0.494 e. The standard InChI is InChI=1S/C20H25N3O3/c1-21-20(22-11-5-13-24-17-6-3-2-4-7-17)23-12-10-16-8-9-18-19(14-16)26-15-25-18/h2-4,6-9,14H,5,10-13,15H2,1H3,(H2,21,22,23). The van der Waals surface area contributed by atoms with Gasteiger partial charge in [-0.1, -0.05) is 24.3 Å². The minimum absolute atomic E-state index is 0.307. The molecular weight excluding hydrogens is 330 g/mol. The Hall–Kier alpha value is -2.89. The number of rotatable bonds is 8. The summed E-state index contributed by atoms with van der Waals surface area (Å²) >= 11 is 0. The van der Waals surface area contributed by atoms with Crippen LogP contribution in [0.25, 0.3) is 0 Å². The number of nitrogens with one attached hydrogen (secondary N) is 2. The lowest BCUT2D eigenvalue weighted by atomic mass is 10.1. The fraction of sp³-hybridized carbons (Fsp3) is 0.350. The van der Waals surface area contributed by atoms with Gasteiger partial charge in [0.05, 0.1) is 6.61 Å². The van der Waals surface area contributed by atoms with Crippen molar-refractivity contribution in [1.82, 2.24) is 10.6 Å². The zero-order valence-corrected chi connectivity index (χ0v) is 15.0. The molecule has 26 heavy (non-hydrogen) atoms. The Morgan fingerprint density at radius 2 is 1.85 bits per heavy atom. The normalized spacial score (nSPS) is 12.7. The molecule has 2 N–H and O–H groups in total. The molecule has 3 rings (SSSR count).